The summed E-state index contributed by atoms with van der Waals surface area (Å²) in [5.41, 5.74) is 3.63. The van der Waals surface area contributed by atoms with Crippen LogP contribution in [0.4, 0.5) is 5.82 Å². The molecular formula is C14H15N3O. The molecule has 4 nitrogen and oxygen atoms in total. The maximum atomic E-state index is 5.55. The third kappa shape index (κ3) is 3.61. The van der Waals surface area contributed by atoms with Crippen LogP contribution in [0.2, 0.25) is 0 Å². The van der Waals surface area contributed by atoms with Crippen LogP contribution in [-0.2, 0) is 0 Å². The first kappa shape index (κ1) is 12.1. The van der Waals surface area contributed by atoms with E-state index in [-0.39, 0.29) is 0 Å². The molecule has 0 aliphatic carbocycles. The van der Waals surface area contributed by atoms with Crippen molar-refractivity contribution in [3.05, 3.63) is 60.3 Å². The highest BCUT2D eigenvalue weighted by atomic mass is 16.5. The summed E-state index contributed by atoms with van der Waals surface area (Å²) in [5.74, 6) is 6.58. The van der Waals surface area contributed by atoms with Crippen molar-refractivity contribution < 1.29 is 4.74 Å². The summed E-state index contributed by atoms with van der Waals surface area (Å²) in [7, 11) is 0. The van der Waals surface area contributed by atoms with Gasteiger partial charge in [-0.15, -0.1) is 0 Å². The summed E-state index contributed by atoms with van der Waals surface area (Å²) in [6.45, 7) is 0.503. The summed E-state index contributed by atoms with van der Waals surface area (Å²) < 4.78 is 5.55. The Balaban J connectivity index is 1.86. The molecule has 0 fully saturated rings. The van der Waals surface area contributed by atoms with E-state index in [9.17, 15) is 0 Å². The number of hydrogen-bond donors (Lipinski definition) is 2. The Bertz CT molecular complexity index is 511. The highest BCUT2D eigenvalue weighted by molar-refractivity contribution is 5.48. The molecule has 0 saturated carbocycles. The minimum absolute atomic E-state index is 0.503. The van der Waals surface area contributed by atoms with Gasteiger partial charge in [-0.25, -0.2) is 10.8 Å². The third-order valence-electron chi connectivity index (χ3n) is 2.34. The molecule has 1 aromatic heterocycles. The topological polar surface area (TPSA) is 60.2 Å². The van der Waals surface area contributed by atoms with E-state index in [4.69, 9.17) is 10.6 Å². The normalized spacial score (nSPS) is 10.5. The van der Waals surface area contributed by atoms with Gasteiger partial charge in [0.15, 0.2) is 0 Å². The molecule has 0 saturated heterocycles. The lowest BCUT2D eigenvalue weighted by Gasteiger charge is -2.04. The molecule has 18 heavy (non-hydrogen) atoms. The van der Waals surface area contributed by atoms with Crippen molar-refractivity contribution in [1.82, 2.24) is 4.98 Å². The number of anilines is 1. The number of nitrogens with one attached hydrogen (secondary N) is 1. The monoisotopic (exact) mass is 241 g/mol. The average molecular weight is 241 g/mol. The molecule has 0 aliphatic rings. The summed E-state index contributed by atoms with van der Waals surface area (Å²) in [4.78, 5) is 4.00. The summed E-state index contributed by atoms with van der Waals surface area (Å²) >= 11 is 0. The number of nitrogens with two attached hydrogens (primary N) is 1. The Morgan fingerprint density at radius 2 is 2.06 bits per heavy atom. The average Bonchev–Trinajstić information content (AvgIpc) is 2.45. The first-order chi connectivity index (χ1) is 8.88. The number of hydrazine groups is 1. The van der Waals surface area contributed by atoms with Crippen LogP contribution in [0, 0.1) is 0 Å². The minimum Gasteiger partial charge on any atom is -0.489 e. The Morgan fingerprint density at radius 1 is 1.22 bits per heavy atom. The van der Waals surface area contributed by atoms with Crippen LogP contribution in [0.15, 0.2) is 54.7 Å². The Labute approximate surface area is 106 Å². The van der Waals surface area contributed by atoms with Crippen LogP contribution < -0.4 is 16.0 Å². The Hall–Kier alpha value is -2.33. The molecule has 0 atom stereocenters. The van der Waals surface area contributed by atoms with Gasteiger partial charge in [0.05, 0.1) is 0 Å². The largest absolute Gasteiger partial charge is 0.489 e. The molecule has 92 valence electrons. The van der Waals surface area contributed by atoms with E-state index in [1.54, 1.807) is 18.3 Å². The van der Waals surface area contributed by atoms with Gasteiger partial charge in [-0.2, -0.15) is 0 Å². The van der Waals surface area contributed by atoms with Crippen molar-refractivity contribution in [3.63, 3.8) is 0 Å². The van der Waals surface area contributed by atoms with Gasteiger partial charge in [0.25, 0.3) is 0 Å². The van der Waals surface area contributed by atoms with E-state index in [2.05, 4.69) is 10.4 Å². The van der Waals surface area contributed by atoms with Gasteiger partial charge in [0, 0.05) is 12.3 Å². The molecule has 1 heterocycles. The quantitative estimate of drug-likeness (QED) is 0.623. The molecule has 0 aliphatic heterocycles. The second-order valence-electron chi connectivity index (χ2n) is 3.65. The summed E-state index contributed by atoms with van der Waals surface area (Å²) in [6, 6.07) is 13.6. The van der Waals surface area contributed by atoms with Crippen LogP contribution in [0.3, 0.4) is 0 Å². The lowest BCUT2D eigenvalue weighted by atomic mass is 10.2. The number of pyridine rings is 1. The minimum atomic E-state index is 0.503. The Kier molecular flexibility index (Phi) is 4.33. The van der Waals surface area contributed by atoms with Crippen LogP contribution in [0.25, 0.3) is 6.08 Å². The molecule has 3 N–H and O–H groups in total. The first-order valence-electron chi connectivity index (χ1n) is 5.65. The lowest BCUT2D eigenvalue weighted by Crippen LogP contribution is -2.08. The van der Waals surface area contributed by atoms with E-state index in [0.29, 0.717) is 12.4 Å². The van der Waals surface area contributed by atoms with Crippen LogP contribution in [-0.4, -0.2) is 11.6 Å². The lowest BCUT2D eigenvalue weighted by molar-refractivity contribution is 0.363. The zero-order valence-electron chi connectivity index (χ0n) is 9.91. The number of benzene rings is 1. The maximum Gasteiger partial charge on any atom is 0.143 e. The number of nitrogens with zero attached hydrogens (tertiary/aromatic N) is 1. The van der Waals surface area contributed by atoms with E-state index in [0.717, 1.165) is 11.3 Å². The van der Waals surface area contributed by atoms with Crippen LogP contribution >= 0.6 is 0 Å². The smallest absolute Gasteiger partial charge is 0.143 e. The predicted molar refractivity (Wildman–Crippen MR) is 73.0 cm³/mol. The van der Waals surface area contributed by atoms with Gasteiger partial charge in [-0.3, -0.25) is 0 Å². The fourth-order valence-corrected chi connectivity index (χ4v) is 1.47. The molecule has 2 aromatic rings. The van der Waals surface area contributed by atoms with Crippen LogP contribution in [0.1, 0.15) is 5.56 Å². The highest BCUT2D eigenvalue weighted by Crippen LogP contribution is 2.13. The summed E-state index contributed by atoms with van der Waals surface area (Å²) in [5, 5.41) is 0. The van der Waals surface area contributed by atoms with Crippen molar-refractivity contribution in [2.75, 3.05) is 12.0 Å². The van der Waals surface area contributed by atoms with Crippen molar-refractivity contribution in [2.45, 2.75) is 0 Å². The van der Waals surface area contributed by atoms with E-state index < -0.39 is 0 Å². The second-order valence-corrected chi connectivity index (χ2v) is 3.65. The highest BCUT2D eigenvalue weighted by Gasteiger charge is 1.94. The van der Waals surface area contributed by atoms with E-state index in [1.165, 1.54) is 0 Å². The number of rotatable bonds is 5. The number of nitrogen functional groups attached to an aromatic ring is 1. The molecule has 0 radical (unpaired) electrons. The van der Waals surface area contributed by atoms with Crippen LogP contribution in [0.5, 0.6) is 5.75 Å². The fraction of sp³-hybridized carbons (Fsp3) is 0.0714. The van der Waals surface area contributed by atoms with E-state index in [1.807, 2.05) is 42.5 Å². The van der Waals surface area contributed by atoms with Crippen molar-refractivity contribution in [1.29, 1.82) is 0 Å². The molecule has 1 aromatic carbocycles. The van der Waals surface area contributed by atoms with Gasteiger partial charge < -0.3 is 10.2 Å². The number of hydrogen-bond acceptors (Lipinski definition) is 4. The summed E-state index contributed by atoms with van der Waals surface area (Å²) in [6.07, 6.45) is 5.63. The number of aromatic nitrogens is 1. The van der Waals surface area contributed by atoms with Crippen molar-refractivity contribution in [2.24, 2.45) is 5.84 Å². The Morgan fingerprint density at radius 3 is 2.83 bits per heavy atom. The zero-order valence-corrected chi connectivity index (χ0v) is 9.91. The standard InChI is InChI=1S/C14H15N3O/c15-17-14-11-13(8-9-16-14)18-10-4-7-12-5-2-1-3-6-12/h1-9,11H,10,15H2,(H,16,17)/b7-4+. The third-order valence-corrected chi connectivity index (χ3v) is 2.34. The SMILES string of the molecule is NNc1cc(OC/C=C/c2ccccc2)ccn1. The van der Waals surface area contributed by atoms with Gasteiger partial charge in [0.2, 0.25) is 0 Å². The van der Waals surface area contributed by atoms with Gasteiger partial charge in [0.1, 0.15) is 18.2 Å². The van der Waals surface area contributed by atoms with Gasteiger partial charge in [-0.1, -0.05) is 36.4 Å². The number of ether oxygens (including phenoxy) is 1. The van der Waals surface area contributed by atoms with Gasteiger partial charge in [-0.05, 0) is 17.7 Å². The zero-order chi connectivity index (χ0) is 12.6. The second kappa shape index (κ2) is 6.42. The van der Waals surface area contributed by atoms with E-state index >= 15 is 0 Å². The van der Waals surface area contributed by atoms with Gasteiger partial charge >= 0.3 is 0 Å². The first-order valence-corrected chi connectivity index (χ1v) is 5.65. The van der Waals surface area contributed by atoms with Crippen molar-refractivity contribution >= 4 is 11.9 Å². The molecule has 4 heteroatoms. The fourth-order valence-electron chi connectivity index (χ4n) is 1.47. The predicted octanol–water partition coefficient (Wildman–Crippen LogP) is 2.46. The molecular weight excluding hydrogens is 226 g/mol. The molecule has 2 rings (SSSR count). The molecule has 0 unspecified atom stereocenters. The maximum absolute atomic E-state index is 5.55. The van der Waals surface area contributed by atoms with Crippen molar-refractivity contribution in [3.8, 4) is 5.75 Å². The molecule has 0 bridgehead atoms. The molecule has 0 spiro atoms. The molecule has 0 amide bonds.